The van der Waals surface area contributed by atoms with Crippen LogP contribution < -0.4 is 4.74 Å². The zero-order valence-electron chi connectivity index (χ0n) is 11.5. The summed E-state index contributed by atoms with van der Waals surface area (Å²) in [6, 6.07) is 3.31. The summed E-state index contributed by atoms with van der Waals surface area (Å²) in [5, 5.41) is -0.587. The van der Waals surface area contributed by atoms with Crippen molar-refractivity contribution in [2.24, 2.45) is 0 Å². The van der Waals surface area contributed by atoms with E-state index in [1.165, 1.54) is 6.07 Å². The summed E-state index contributed by atoms with van der Waals surface area (Å²) in [5.74, 6) is -1.83. The van der Waals surface area contributed by atoms with Crippen molar-refractivity contribution < 1.29 is 23.0 Å². The molecule has 1 amide bonds. The molecule has 2 unspecified atom stereocenters. The molecule has 0 bridgehead atoms. The van der Waals surface area contributed by atoms with Crippen molar-refractivity contribution in [3.63, 3.8) is 0 Å². The number of benzene rings is 1. The molecule has 1 aromatic carbocycles. The summed E-state index contributed by atoms with van der Waals surface area (Å²) in [6.45, 7) is 3.00. The van der Waals surface area contributed by atoms with E-state index in [0.717, 1.165) is 12.1 Å². The number of rotatable bonds is 4. The van der Waals surface area contributed by atoms with Gasteiger partial charge in [0.2, 0.25) is 5.91 Å². The van der Waals surface area contributed by atoms with Crippen molar-refractivity contribution in [2.45, 2.75) is 18.4 Å². The van der Waals surface area contributed by atoms with Crippen molar-refractivity contribution in [3.05, 3.63) is 29.8 Å². The highest BCUT2D eigenvalue weighted by molar-refractivity contribution is 6.30. The molecule has 1 aliphatic heterocycles. The fourth-order valence-electron chi connectivity index (χ4n) is 2.03. The maximum atomic E-state index is 13.0. The van der Waals surface area contributed by atoms with E-state index >= 15 is 0 Å². The van der Waals surface area contributed by atoms with E-state index in [-0.39, 0.29) is 24.4 Å². The molecule has 1 heterocycles. The highest BCUT2D eigenvalue weighted by Crippen LogP contribution is 2.17. The maximum Gasteiger partial charge on any atom is 0.240 e. The first-order valence-electron chi connectivity index (χ1n) is 6.59. The van der Waals surface area contributed by atoms with Crippen LogP contribution in [0.1, 0.15) is 6.92 Å². The second-order valence-corrected chi connectivity index (χ2v) is 5.43. The van der Waals surface area contributed by atoms with Gasteiger partial charge in [-0.3, -0.25) is 4.79 Å². The lowest BCUT2D eigenvalue weighted by atomic mass is 10.2. The van der Waals surface area contributed by atoms with Crippen LogP contribution in [-0.4, -0.2) is 48.6 Å². The van der Waals surface area contributed by atoms with E-state index in [0.29, 0.717) is 19.7 Å². The molecular formula is C14H16ClF2NO3. The zero-order chi connectivity index (χ0) is 15.4. The SMILES string of the molecule is CC(Cl)C(=O)N1CCOC(COc2ccc(F)c(F)c2)C1. The molecular weight excluding hydrogens is 304 g/mol. The van der Waals surface area contributed by atoms with Gasteiger partial charge in [-0.15, -0.1) is 11.6 Å². The van der Waals surface area contributed by atoms with Crippen LogP contribution in [0.4, 0.5) is 8.78 Å². The standard InChI is InChI=1S/C14H16ClF2NO3/c1-9(15)14(19)18-4-5-20-11(7-18)8-21-10-2-3-12(16)13(17)6-10/h2-3,6,9,11H,4-5,7-8H2,1H3. The molecule has 1 aliphatic rings. The number of morpholine rings is 1. The quantitative estimate of drug-likeness (QED) is 0.799. The molecule has 1 fully saturated rings. The van der Waals surface area contributed by atoms with Gasteiger partial charge in [-0.2, -0.15) is 0 Å². The van der Waals surface area contributed by atoms with E-state index in [1.54, 1.807) is 11.8 Å². The van der Waals surface area contributed by atoms with Gasteiger partial charge in [-0.25, -0.2) is 8.78 Å². The van der Waals surface area contributed by atoms with Crippen LogP contribution in [-0.2, 0) is 9.53 Å². The van der Waals surface area contributed by atoms with Crippen molar-refractivity contribution >= 4 is 17.5 Å². The molecule has 0 spiro atoms. The summed E-state index contributed by atoms with van der Waals surface area (Å²) >= 11 is 5.77. The largest absolute Gasteiger partial charge is 0.491 e. The molecule has 0 aromatic heterocycles. The predicted octanol–water partition coefficient (Wildman–Crippen LogP) is 2.20. The average molecular weight is 320 g/mol. The topological polar surface area (TPSA) is 38.8 Å². The Morgan fingerprint density at radius 3 is 2.95 bits per heavy atom. The number of carbonyl (C=O) groups is 1. The molecule has 4 nitrogen and oxygen atoms in total. The minimum atomic E-state index is -0.968. The highest BCUT2D eigenvalue weighted by atomic mass is 35.5. The molecule has 1 aromatic rings. The number of alkyl halides is 1. The number of nitrogens with zero attached hydrogens (tertiary/aromatic N) is 1. The first kappa shape index (κ1) is 16.0. The average Bonchev–Trinajstić information content (AvgIpc) is 2.48. The van der Waals surface area contributed by atoms with Gasteiger partial charge in [0, 0.05) is 12.6 Å². The van der Waals surface area contributed by atoms with Gasteiger partial charge in [-0.05, 0) is 19.1 Å². The zero-order valence-corrected chi connectivity index (χ0v) is 12.3. The smallest absolute Gasteiger partial charge is 0.240 e. The van der Waals surface area contributed by atoms with Crippen molar-refractivity contribution in [2.75, 3.05) is 26.3 Å². The van der Waals surface area contributed by atoms with Crippen LogP contribution in [0, 0.1) is 11.6 Å². The monoisotopic (exact) mass is 319 g/mol. The summed E-state index contributed by atoms with van der Waals surface area (Å²) in [5.41, 5.74) is 0. The molecule has 0 N–H and O–H groups in total. The molecule has 0 radical (unpaired) electrons. The first-order valence-corrected chi connectivity index (χ1v) is 7.03. The molecule has 2 rings (SSSR count). The van der Waals surface area contributed by atoms with Gasteiger partial charge in [0.1, 0.15) is 23.8 Å². The summed E-state index contributed by atoms with van der Waals surface area (Å²) < 4.78 is 36.7. The molecule has 0 saturated carbocycles. The van der Waals surface area contributed by atoms with Gasteiger partial charge in [0.15, 0.2) is 11.6 Å². The van der Waals surface area contributed by atoms with Crippen LogP contribution in [0.25, 0.3) is 0 Å². The Labute approximate surface area is 126 Å². The second-order valence-electron chi connectivity index (χ2n) is 4.78. The molecule has 116 valence electrons. The highest BCUT2D eigenvalue weighted by Gasteiger charge is 2.26. The number of carbonyl (C=O) groups excluding carboxylic acids is 1. The van der Waals surface area contributed by atoms with E-state index in [1.807, 2.05) is 0 Å². The van der Waals surface area contributed by atoms with Gasteiger partial charge >= 0.3 is 0 Å². The lowest BCUT2D eigenvalue weighted by Crippen LogP contribution is -2.49. The Bertz CT molecular complexity index is 513. The third kappa shape index (κ3) is 4.28. The number of halogens is 3. The molecule has 7 heteroatoms. The van der Waals surface area contributed by atoms with Crippen LogP contribution in [0.2, 0.25) is 0 Å². The van der Waals surface area contributed by atoms with Gasteiger partial charge in [0.05, 0.1) is 13.2 Å². The van der Waals surface area contributed by atoms with Crippen molar-refractivity contribution in [3.8, 4) is 5.75 Å². The van der Waals surface area contributed by atoms with E-state index in [4.69, 9.17) is 21.1 Å². The van der Waals surface area contributed by atoms with Crippen LogP contribution in [0.3, 0.4) is 0 Å². The summed E-state index contributed by atoms with van der Waals surface area (Å²) in [4.78, 5) is 13.4. The second kappa shape index (κ2) is 7.04. The Morgan fingerprint density at radius 2 is 2.29 bits per heavy atom. The van der Waals surface area contributed by atoms with Crippen LogP contribution >= 0.6 is 11.6 Å². The Balaban J connectivity index is 1.88. The maximum absolute atomic E-state index is 13.0. The third-order valence-electron chi connectivity index (χ3n) is 3.12. The lowest BCUT2D eigenvalue weighted by molar-refractivity contribution is -0.139. The van der Waals surface area contributed by atoms with Gasteiger partial charge < -0.3 is 14.4 Å². The van der Waals surface area contributed by atoms with E-state index in [2.05, 4.69) is 0 Å². The first-order chi connectivity index (χ1) is 9.97. The molecule has 2 atom stereocenters. The number of hydrogen-bond acceptors (Lipinski definition) is 3. The van der Waals surface area contributed by atoms with E-state index in [9.17, 15) is 13.6 Å². The summed E-state index contributed by atoms with van der Waals surface area (Å²) in [7, 11) is 0. The fraction of sp³-hybridized carbons (Fsp3) is 0.500. The number of ether oxygens (including phenoxy) is 2. The van der Waals surface area contributed by atoms with Crippen molar-refractivity contribution in [1.82, 2.24) is 4.90 Å². The van der Waals surface area contributed by atoms with Crippen LogP contribution in [0.5, 0.6) is 5.75 Å². The summed E-state index contributed by atoms with van der Waals surface area (Å²) in [6.07, 6.45) is -0.328. The fourth-order valence-corrected chi connectivity index (χ4v) is 2.17. The van der Waals surface area contributed by atoms with Gasteiger partial charge in [0.25, 0.3) is 0 Å². The number of hydrogen-bond donors (Lipinski definition) is 0. The van der Waals surface area contributed by atoms with Crippen LogP contribution in [0.15, 0.2) is 18.2 Å². The lowest BCUT2D eigenvalue weighted by Gasteiger charge is -2.33. The molecule has 21 heavy (non-hydrogen) atoms. The van der Waals surface area contributed by atoms with Crippen molar-refractivity contribution in [1.29, 1.82) is 0 Å². The molecule has 1 saturated heterocycles. The predicted molar refractivity (Wildman–Crippen MR) is 73.5 cm³/mol. The van der Waals surface area contributed by atoms with E-state index < -0.39 is 17.0 Å². The van der Waals surface area contributed by atoms with Gasteiger partial charge in [-0.1, -0.05) is 0 Å². The normalized spacial score (nSPS) is 20.2. The minimum absolute atomic E-state index is 0.144. The Hall–Kier alpha value is -1.40. The number of amides is 1. The molecule has 0 aliphatic carbocycles. The minimum Gasteiger partial charge on any atom is -0.491 e. The Kier molecular flexibility index (Phi) is 5.36. The Morgan fingerprint density at radius 1 is 1.52 bits per heavy atom. The third-order valence-corrected chi connectivity index (χ3v) is 3.30.